The van der Waals surface area contributed by atoms with Crippen LogP contribution in [-0.2, 0) is 11.3 Å². The van der Waals surface area contributed by atoms with Gasteiger partial charge in [-0.25, -0.2) is 4.39 Å². The minimum absolute atomic E-state index is 0.00631. The molecule has 1 saturated heterocycles. The van der Waals surface area contributed by atoms with Gasteiger partial charge >= 0.3 is 0 Å². The van der Waals surface area contributed by atoms with Crippen LogP contribution in [0.2, 0.25) is 0 Å². The molecule has 4 rings (SSSR count). The first-order valence-electron chi connectivity index (χ1n) is 9.74. The predicted octanol–water partition coefficient (Wildman–Crippen LogP) is 3.80. The molecule has 0 spiro atoms. The standard InChI is InChI=1S/C22H22FN3O4/c1-3-29-18-9-6-15(10-19(18)28-2)21-24-22(30-25-21)16-11-20(27)26(13-16)12-14-4-7-17(23)8-5-14/h4-10,16H,3,11-13H2,1-2H3. The highest BCUT2D eigenvalue weighted by atomic mass is 19.1. The molecule has 2 aromatic carbocycles. The third kappa shape index (κ3) is 4.12. The second-order valence-electron chi connectivity index (χ2n) is 7.06. The van der Waals surface area contributed by atoms with Crippen LogP contribution in [0.25, 0.3) is 11.4 Å². The van der Waals surface area contributed by atoms with Crippen LogP contribution in [0.3, 0.4) is 0 Å². The third-order valence-electron chi connectivity index (χ3n) is 5.01. The van der Waals surface area contributed by atoms with Gasteiger partial charge in [0.05, 0.1) is 19.6 Å². The molecule has 2 heterocycles. The summed E-state index contributed by atoms with van der Waals surface area (Å²) in [5.74, 6) is 1.61. The van der Waals surface area contributed by atoms with Crippen molar-refractivity contribution in [3.63, 3.8) is 0 Å². The van der Waals surface area contributed by atoms with Crippen molar-refractivity contribution in [2.24, 2.45) is 0 Å². The summed E-state index contributed by atoms with van der Waals surface area (Å²) in [6, 6.07) is 11.6. The lowest BCUT2D eigenvalue weighted by atomic mass is 10.1. The third-order valence-corrected chi connectivity index (χ3v) is 5.01. The molecular weight excluding hydrogens is 389 g/mol. The van der Waals surface area contributed by atoms with E-state index in [0.717, 1.165) is 11.1 Å². The zero-order valence-electron chi connectivity index (χ0n) is 16.8. The van der Waals surface area contributed by atoms with E-state index in [1.165, 1.54) is 12.1 Å². The van der Waals surface area contributed by atoms with Gasteiger partial charge in [0.2, 0.25) is 17.6 Å². The van der Waals surface area contributed by atoms with Crippen LogP contribution in [0.5, 0.6) is 11.5 Å². The first-order chi connectivity index (χ1) is 14.6. The fourth-order valence-electron chi connectivity index (χ4n) is 3.50. The van der Waals surface area contributed by atoms with Crippen molar-refractivity contribution < 1.29 is 23.2 Å². The van der Waals surface area contributed by atoms with Gasteiger partial charge in [-0.1, -0.05) is 17.3 Å². The van der Waals surface area contributed by atoms with E-state index >= 15 is 0 Å². The van der Waals surface area contributed by atoms with E-state index in [1.54, 1.807) is 36.3 Å². The van der Waals surface area contributed by atoms with Gasteiger partial charge in [-0.05, 0) is 42.8 Å². The zero-order valence-corrected chi connectivity index (χ0v) is 16.8. The molecule has 1 fully saturated rings. The Labute approximate surface area is 173 Å². The van der Waals surface area contributed by atoms with Crippen molar-refractivity contribution in [1.82, 2.24) is 15.0 Å². The first kappa shape index (κ1) is 19.9. The van der Waals surface area contributed by atoms with Crippen molar-refractivity contribution >= 4 is 5.91 Å². The summed E-state index contributed by atoms with van der Waals surface area (Å²) in [5, 5.41) is 4.07. The summed E-state index contributed by atoms with van der Waals surface area (Å²) < 4.78 is 29.4. The molecule has 8 heteroatoms. The molecule has 1 atom stereocenters. The summed E-state index contributed by atoms with van der Waals surface area (Å²) in [6.07, 6.45) is 0.301. The fourth-order valence-corrected chi connectivity index (χ4v) is 3.50. The molecule has 30 heavy (non-hydrogen) atoms. The molecule has 156 valence electrons. The average molecular weight is 411 g/mol. The van der Waals surface area contributed by atoms with Crippen LogP contribution >= 0.6 is 0 Å². The maximum Gasteiger partial charge on any atom is 0.232 e. The quantitative estimate of drug-likeness (QED) is 0.589. The number of hydrogen-bond donors (Lipinski definition) is 0. The first-order valence-corrected chi connectivity index (χ1v) is 9.74. The number of amides is 1. The molecular formula is C22H22FN3O4. The van der Waals surface area contributed by atoms with E-state index < -0.39 is 0 Å². The van der Waals surface area contributed by atoms with Gasteiger partial charge in [0.25, 0.3) is 0 Å². The molecule has 0 saturated carbocycles. The number of ether oxygens (including phenoxy) is 2. The number of aromatic nitrogens is 2. The highest BCUT2D eigenvalue weighted by Gasteiger charge is 2.34. The number of likely N-dealkylation sites (tertiary alicyclic amines) is 1. The van der Waals surface area contributed by atoms with Crippen molar-refractivity contribution in [2.45, 2.75) is 25.8 Å². The maximum absolute atomic E-state index is 13.1. The number of hydrogen-bond acceptors (Lipinski definition) is 6. The van der Waals surface area contributed by atoms with Crippen LogP contribution in [0.15, 0.2) is 47.0 Å². The van der Waals surface area contributed by atoms with Crippen LogP contribution in [0, 0.1) is 5.82 Å². The lowest BCUT2D eigenvalue weighted by Crippen LogP contribution is -2.24. The van der Waals surface area contributed by atoms with E-state index in [9.17, 15) is 9.18 Å². The molecule has 3 aromatic rings. The van der Waals surface area contributed by atoms with Crippen LogP contribution in [0.1, 0.15) is 30.7 Å². The average Bonchev–Trinajstić information content (AvgIpc) is 3.37. The van der Waals surface area contributed by atoms with E-state index in [1.807, 2.05) is 13.0 Å². The Bertz CT molecular complexity index is 1040. The van der Waals surface area contributed by atoms with Crippen molar-refractivity contribution in [3.05, 3.63) is 59.7 Å². The Balaban J connectivity index is 1.47. The van der Waals surface area contributed by atoms with Gasteiger partial charge < -0.3 is 18.9 Å². The molecule has 0 aliphatic carbocycles. The van der Waals surface area contributed by atoms with Crippen molar-refractivity contribution in [3.8, 4) is 22.9 Å². The molecule has 1 unspecified atom stereocenters. The number of methoxy groups -OCH3 is 1. The van der Waals surface area contributed by atoms with Gasteiger partial charge in [-0.2, -0.15) is 4.98 Å². The van der Waals surface area contributed by atoms with Gasteiger partial charge in [0.1, 0.15) is 5.82 Å². The summed E-state index contributed by atoms with van der Waals surface area (Å²) in [4.78, 5) is 18.6. The predicted molar refractivity (Wildman–Crippen MR) is 107 cm³/mol. The minimum atomic E-state index is -0.298. The van der Waals surface area contributed by atoms with E-state index in [-0.39, 0.29) is 17.6 Å². The van der Waals surface area contributed by atoms with E-state index in [2.05, 4.69) is 10.1 Å². The Morgan fingerprint density at radius 1 is 1.20 bits per heavy atom. The monoisotopic (exact) mass is 411 g/mol. The number of carbonyl (C=O) groups excluding carboxylic acids is 1. The molecule has 7 nitrogen and oxygen atoms in total. The molecule has 0 bridgehead atoms. The Morgan fingerprint density at radius 3 is 2.73 bits per heavy atom. The zero-order chi connectivity index (χ0) is 21.1. The topological polar surface area (TPSA) is 77.7 Å². The van der Waals surface area contributed by atoms with Crippen LogP contribution in [-0.4, -0.2) is 41.2 Å². The van der Waals surface area contributed by atoms with Gasteiger partial charge in [-0.3, -0.25) is 4.79 Å². The molecule has 1 aliphatic heterocycles. The van der Waals surface area contributed by atoms with Crippen LogP contribution < -0.4 is 9.47 Å². The fraction of sp³-hybridized carbons (Fsp3) is 0.318. The molecule has 0 N–H and O–H groups in total. The van der Waals surface area contributed by atoms with Gasteiger partial charge in [0, 0.05) is 25.1 Å². The Kier molecular flexibility index (Phi) is 5.65. The maximum atomic E-state index is 13.1. The summed E-state index contributed by atoms with van der Waals surface area (Å²) >= 11 is 0. The van der Waals surface area contributed by atoms with Crippen molar-refractivity contribution in [1.29, 1.82) is 0 Å². The van der Waals surface area contributed by atoms with Gasteiger partial charge in [-0.15, -0.1) is 0 Å². The number of halogens is 1. The SMILES string of the molecule is CCOc1ccc(-c2noc(C3CC(=O)N(Cc4ccc(F)cc4)C3)n2)cc1OC. The largest absolute Gasteiger partial charge is 0.493 e. The summed E-state index contributed by atoms with van der Waals surface area (Å²) in [7, 11) is 1.57. The molecule has 1 aromatic heterocycles. The lowest BCUT2D eigenvalue weighted by molar-refractivity contribution is -0.128. The van der Waals surface area contributed by atoms with Crippen LogP contribution in [0.4, 0.5) is 4.39 Å². The number of benzene rings is 2. The highest BCUT2D eigenvalue weighted by molar-refractivity contribution is 5.79. The second-order valence-corrected chi connectivity index (χ2v) is 7.06. The minimum Gasteiger partial charge on any atom is -0.493 e. The summed E-state index contributed by atoms with van der Waals surface area (Å²) in [6.45, 7) is 3.34. The highest BCUT2D eigenvalue weighted by Crippen LogP contribution is 2.33. The van der Waals surface area contributed by atoms with Crippen molar-refractivity contribution in [2.75, 3.05) is 20.3 Å². The normalized spacial score (nSPS) is 16.2. The number of nitrogens with zero attached hydrogens (tertiary/aromatic N) is 3. The molecule has 1 amide bonds. The number of rotatable bonds is 7. The lowest BCUT2D eigenvalue weighted by Gasteiger charge is -2.15. The Morgan fingerprint density at radius 2 is 2.00 bits per heavy atom. The van der Waals surface area contributed by atoms with E-state index in [0.29, 0.717) is 49.3 Å². The number of carbonyl (C=O) groups is 1. The van der Waals surface area contributed by atoms with E-state index in [4.69, 9.17) is 14.0 Å². The smallest absolute Gasteiger partial charge is 0.232 e. The second kappa shape index (κ2) is 8.52. The molecule has 0 radical (unpaired) electrons. The molecule has 1 aliphatic rings. The Hall–Kier alpha value is -3.42. The summed E-state index contributed by atoms with van der Waals surface area (Å²) in [5.41, 5.74) is 1.61. The van der Waals surface area contributed by atoms with Gasteiger partial charge in [0.15, 0.2) is 11.5 Å².